The van der Waals surface area contributed by atoms with Gasteiger partial charge in [0.15, 0.2) is 0 Å². The van der Waals surface area contributed by atoms with E-state index in [0.29, 0.717) is 0 Å². The minimum atomic E-state index is -0.478. The Balaban J connectivity index is 2.54. The molecule has 0 aliphatic carbocycles. The first-order valence-electron chi connectivity index (χ1n) is 5.70. The van der Waals surface area contributed by atoms with Crippen molar-refractivity contribution in [1.82, 2.24) is 4.57 Å². The van der Waals surface area contributed by atoms with Crippen LogP contribution in [0.15, 0.2) is 28.9 Å². The van der Waals surface area contributed by atoms with E-state index < -0.39 is 6.10 Å². The minimum absolute atomic E-state index is 0.178. The van der Waals surface area contributed by atoms with E-state index in [1.165, 1.54) is 0 Å². The molecule has 0 spiro atoms. The van der Waals surface area contributed by atoms with Gasteiger partial charge in [-0.15, -0.1) is 0 Å². The molecule has 1 aromatic carbocycles. The number of benzene rings is 1. The maximum Gasteiger partial charge on any atom is 0.0782 e. The van der Waals surface area contributed by atoms with Crippen LogP contribution in [0.2, 0.25) is 0 Å². The molecule has 0 aliphatic heterocycles. The average Bonchev–Trinajstić information content (AvgIpc) is 2.64. The lowest BCUT2D eigenvalue weighted by Crippen LogP contribution is -1.98. The summed E-state index contributed by atoms with van der Waals surface area (Å²) in [5.74, 6) is 0. The SMILES string of the molecule is CC(O)c1cn(CCCO)c2cc(Br)ccc12. The molecule has 3 nitrogen and oxygen atoms in total. The molecule has 0 radical (unpaired) electrons. The largest absolute Gasteiger partial charge is 0.396 e. The molecule has 2 N–H and O–H groups in total. The molecular weight excluding hydrogens is 282 g/mol. The molecule has 1 atom stereocenters. The van der Waals surface area contributed by atoms with E-state index in [2.05, 4.69) is 20.5 Å². The summed E-state index contributed by atoms with van der Waals surface area (Å²) in [6, 6.07) is 6.03. The van der Waals surface area contributed by atoms with Gasteiger partial charge in [0.2, 0.25) is 0 Å². The van der Waals surface area contributed by atoms with Crippen LogP contribution in [0.3, 0.4) is 0 Å². The zero-order chi connectivity index (χ0) is 12.4. The standard InChI is InChI=1S/C13H16BrNO2/c1-9(17)12-8-15(5-2-6-16)13-7-10(14)3-4-11(12)13/h3-4,7-9,16-17H,2,5-6H2,1H3. The Labute approximate surface area is 109 Å². The number of halogens is 1. The van der Waals surface area contributed by atoms with Crippen LogP contribution in [-0.4, -0.2) is 21.4 Å². The molecule has 0 bridgehead atoms. The van der Waals surface area contributed by atoms with Crippen molar-refractivity contribution in [1.29, 1.82) is 0 Å². The van der Waals surface area contributed by atoms with Crippen LogP contribution in [0.1, 0.15) is 25.0 Å². The molecule has 0 saturated heterocycles. The third kappa shape index (κ3) is 2.54. The van der Waals surface area contributed by atoms with Gasteiger partial charge in [0.1, 0.15) is 0 Å². The number of aliphatic hydroxyl groups is 2. The Kier molecular flexibility index (Phi) is 3.86. The van der Waals surface area contributed by atoms with Gasteiger partial charge >= 0.3 is 0 Å². The second kappa shape index (κ2) is 5.21. The second-order valence-electron chi connectivity index (χ2n) is 4.19. The molecule has 0 fully saturated rings. The topological polar surface area (TPSA) is 45.4 Å². The molecule has 1 heterocycles. The average molecular weight is 298 g/mol. The van der Waals surface area contributed by atoms with E-state index >= 15 is 0 Å². The maximum atomic E-state index is 9.76. The zero-order valence-corrected chi connectivity index (χ0v) is 11.3. The quantitative estimate of drug-likeness (QED) is 0.911. The highest BCUT2D eigenvalue weighted by atomic mass is 79.9. The van der Waals surface area contributed by atoms with Crippen LogP contribution < -0.4 is 0 Å². The van der Waals surface area contributed by atoms with Gasteiger partial charge in [-0.3, -0.25) is 0 Å². The van der Waals surface area contributed by atoms with Crippen molar-refractivity contribution in [3.05, 3.63) is 34.4 Å². The van der Waals surface area contributed by atoms with E-state index in [1.807, 2.05) is 24.4 Å². The number of aryl methyl sites for hydroxylation is 1. The number of aliphatic hydroxyl groups excluding tert-OH is 2. The first-order valence-corrected chi connectivity index (χ1v) is 6.50. The predicted molar refractivity (Wildman–Crippen MR) is 72.0 cm³/mol. The van der Waals surface area contributed by atoms with Crippen LogP contribution in [0.4, 0.5) is 0 Å². The Bertz CT molecular complexity index is 519. The van der Waals surface area contributed by atoms with Crippen molar-refractivity contribution in [2.24, 2.45) is 0 Å². The molecule has 1 aromatic heterocycles. The van der Waals surface area contributed by atoms with Gasteiger partial charge in [-0.25, -0.2) is 0 Å². The lowest BCUT2D eigenvalue weighted by molar-refractivity contribution is 0.200. The van der Waals surface area contributed by atoms with Gasteiger partial charge in [0.25, 0.3) is 0 Å². The highest BCUT2D eigenvalue weighted by Gasteiger charge is 2.12. The van der Waals surface area contributed by atoms with Gasteiger partial charge in [-0.1, -0.05) is 22.0 Å². The summed E-state index contributed by atoms with van der Waals surface area (Å²) in [6.45, 7) is 2.71. The van der Waals surface area contributed by atoms with Gasteiger partial charge in [-0.2, -0.15) is 0 Å². The van der Waals surface area contributed by atoms with Gasteiger partial charge < -0.3 is 14.8 Å². The van der Waals surface area contributed by atoms with Crippen LogP contribution in [0, 0.1) is 0 Å². The lowest BCUT2D eigenvalue weighted by Gasteiger charge is -2.03. The summed E-state index contributed by atoms with van der Waals surface area (Å²) < 4.78 is 3.10. The van der Waals surface area contributed by atoms with Gasteiger partial charge in [-0.05, 0) is 25.5 Å². The van der Waals surface area contributed by atoms with Crippen molar-refractivity contribution in [2.45, 2.75) is 26.0 Å². The summed E-state index contributed by atoms with van der Waals surface area (Å²) in [7, 11) is 0. The number of rotatable bonds is 4. The monoisotopic (exact) mass is 297 g/mol. The molecule has 0 saturated carbocycles. The Hall–Kier alpha value is -0.840. The van der Waals surface area contributed by atoms with Crippen LogP contribution in [0.5, 0.6) is 0 Å². The van der Waals surface area contributed by atoms with Gasteiger partial charge in [0.05, 0.1) is 6.10 Å². The molecule has 2 rings (SSSR count). The van der Waals surface area contributed by atoms with Crippen molar-refractivity contribution in [3.63, 3.8) is 0 Å². The first kappa shape index (κ1) is 12.6. The summed E-state index contributed by atoms with van der Waals surface area (Å²) >= 11 is 3.46. The van der Waals surface area contributed by atoms with Gasteiger partial charge in [0, 0.05) is 40.3 Å². The molecule has 1 unspecified atom stereocenters. The number of hydrogen-bond acceptors (Lipinski definition) is 2. The Morgan fingerprint density at radius 2 is 2.18 bits per heavy atom. The highest BCUT2D eigenvalue weighted by molar-refractivity contribution is 9.10. The van der Waals surface area contributed by atoms with Crippen LogP contribution in [0.25, 0.3) is 10.9 Å². The number of nitrogens with zero attached hydrogens (tertiary/aromatic N) is 1. The summed E-state index contributed by atoms with van der Waals surface area (Å²) in [5.41, 5.74) is 2.02. The highest BCUT2D eigenvalue weighted by Crippen LogP contribution is 2.29. The predicted octanol–water partition coefficient (Wildman–Crippen LogP) is 2.84. The van der Waals surface area contributed by atoms with E-state index in [4.69, 9.17) is 5.11 Å². The number of fused-ring (bicyclic) bond motifs is 1. The molecule has 2 aromatic rings. The fraction of sp³-hybridized carbons (Fsp3) is 0.385. The normalized spacial score (nSPS) is 13.2. The molecular formula is C13H16BrNO2. The van der Waals surface area contributed by atoms with E-state index in [9.17, 15) is 5.11 Å². The van der Waals surface area contributed by atoms with E-state index in [0.717, 1.165) is 33.9 Å². The number of hydrogen-bond donors (Lipinski definition) is 2. The molecule has 0 amide bonds. The third-order valence-corrected chi connectivity index (χ3v) is 3.38. The molecule has 0 aliphatic rings. The minimum Gasteiger partial charge on any atom is -0.396 e. The van der Waals surface area contributed by atoms with Crippen molar-refractivity contribution in [3.8, 4) is 0 Å². The summed E-state index contributed by atoms with van der Waals surface area (Å²) in [5, 5.41) is 19.7. The van der Waals surface area contributed by atoms with Crippen molar-refractivity contribution >= 4 is 26.8 Å². The number of aromatic nitrogens is 1. The van der Waals surface area contributed by atoms with Crippen LogP contribution in [-0.2, 0) is 6.54 Å². The van der Waals surface area contributed by atoms with Crippen molar-refractivity contribution < 1.29 is 10.2 Å². The first-order chi connectivity index (χ1) is 8.13. The smallest absolute Gasteiger partial charge is 0.0782 e. The molecule has 92 valence electrons. The lowest BCUT2D eigenvalue weighted by atomic mass is 10.1. The van der Waals surface area contributed by atoms with E-state index in [-0.39, 0.29) is 6.61 Å². The maximum absolute atomic E-state index is 9.76. The Morgan fingerprint density at radius 3 is 2.82 bits per heavy atom. The third-order valence-electron chi connectivity index (χ3n) is 2.88. The summed E-state index contributed by atoms with van der Waals surface area (Å²) in [4.78, 5) is 0. The van der Waals surface area contributed by atoms with Crippen molar-refractivity contribution in [2.75, 3.05) is 6.61 Å². The Morgan fingerprint density at radius 1 is 1.41 bits per heavy atom. The summed E-state index contributed by atoms with van der Waals surface area (Å²) in [6.07, 6.45) is 2.21. The zero-order valence-electron chi connectivity index (χ0n) is 9.73. The second-order valence-corrected chi connectivity index (χ2v) is 5.11. The molecule has 17 heavy (non-hydrogen) atoms. The fourth-order valence-electron chi connectivity index (χ4n) is 2.05. The molecule has 4 heteroatoms. The van der Waals surface area contributed by atoms with E-state index in [1.54, 1.807) is 6.92 Å². The fourth-order valence-corrected chi connectivity index (χ4v) is 2.40. The van der Waals surface area contributed by atoms with Crippen LogP contribution >= 0.6 is 15.9 Å².